The van der Waals surface area contributed by atoms with Crippen molar-refractivity contribution in [1.82, 2.24) is 14.7 Å². The normalized spacial score (nSPS) is 31.1. The molecule has 6 nitrogen and oxygen atoms in total. The molecule has 2 atom stereocenters. The van der Waals surface area contributed by atoms with Gasteiger partial charge in [0.15, 0.2) is 0 Å². The van der Waals surface area contributed by atoms with E-state index in [1.165, 1.54) is 0 Å². The molecule has 23 heavy (non-hydrogen) atoms. The van der Waals surface area contributed by atoms with Crippen molar-refractivity contribution in [3.8, 4) is 0 Å². The second-order valence-electron chi connectivity index (χ2n) is 7.94. The summed E-state index contributed by atoms with van der Waals surface area (Å²) in [5.41, 5.74) is -0.740. The molecule has 0 radical (unpaired) electrons. The van der Waals surface area contributed by atoms with Gasteiger partial charge < -0.3 is 14.7 Å². The molecular formula is C17H27N3O3. The van der Waals surface area contributed by atoms with Gasteiger partial charge in [-0.1, -0.05) is 0 Å². The van der Waals surface area contributed by atoms with Gasteiger partial charge in [-0.3, -0.25) is 4.68 Å². The second kappa shape index (κ2) is 5.51. The number of piperidine rings is 2. The number of fused-ring (bicyclic) bond motifs is 2. The van der Waals surface area contributed by atoms with Gasteiger partial charge in [-0.2, -0.15) is 5.10 Å². The number of rotatable bonds is 1. The minimum atomic E-state index is -0.949. The maximum atomic E-state index is 12.6. The lowest BCUT2D eigenvalue weighted by atomic mass is 9.74. The first-order valence-corrected chi connectivity index (χ1v) is 8.42. The zero-order valence-corrected chi connectivity index (χ0v) is 14.5. The van der Waals surface area contributed by atoms with Gasteiger partial charge >= 0.3 is 6.09 Å². The quantitative estimate of drug-likeness (QED) is 0.863. The van der Waals surface area contributed by atoms with Crippen molar-refractivity contribution in [3.63, 3.8) is 0 Å². The fourth-order valence-electron chi connectivity index (χ4n) is 3.91. The lowest BCUT2D eigenvalue weighted by Crippen LogP contribution is -2.59. The summed E-state index contributed by atoms with van der Waals surface area (Å²) < 4.78 is 7.29. The van der Waals surface area contributed by atoms with E-state index < -0.39 is 11.2 Å². The van der Waals surface area contributed by atoms with Crippen LogP contribution in [0.2, 0.25) is 0 Å². The molecule has 6 heteroatoms. The fraction of sp³-hybridized carbons (Fsp3) is 0.765. The molecule has 128 valence electrons. The Morgan fingerprint density at radius 3 is 2.43 bits per heavy atom. The van der Waals surface area contributed by atoms with Crippen LogP contribution in [0.15, 0.2) is 12.3 Å². The van der Waals surface area contributed by atoms with Crippen LogP contribution in [0.4, 0.5) is 4.79 Å². The Morgan fingerprint density at radius 2 is 1.96 bits per heavy atom. The second-order valence-corrected chi connectivity index (χ2v) is 7.94. The number of nitrogens with zero attached hydrogens (tertiary/aromatic N) is 3. The third-order valence-corrected chi connectivity index (χ3v) is 4.80. The van der Waals surface area contributed by atoms with Gasteiger partial charge in [0.05, 0.1) is 5.69 Å². The van der Waals surface area contributed by atoms with Crippen molar-refractivity contribution >= 4 is 6.09 Å². The van der Waals surface area contributed by atoms with Crippen LogP contribution < -0.4 is 0 Å². The van der Waals surface area contributed by atoms with Crippen LogP contribution in [0.25, 0.3) is 0 Å². The Hall–Kier alpha value is -1.56. The summed E-state index contributed by atoms with van der Waals surface area (Å²) in [4.78, 5) is 14.4. The highest BCUT2D eigenvalue weighted by Crippen LogP contribution is 2.44. The van der Waals surface area contributed by atoms with E-state index in [1.54, 1.807) is 4.68 Å². The highest BCUT2D eigenvalue weighted by atomic mass is 16.6. The molecule has 2 aliphatic rings. The molecule has 0 spiro atoms. The van der Waals surface area contributed by atoms with Crippen molar-refractivity contribution in [2.75, 3.05) is 0 Å². The Morgan fingerprint density at radius 1 is 1.35 bits per heavy atom. The van der Waals surface area contributed by atoms with E-state index in [-0.39, 0.29) is 18.2 Å². The number of aliphatic hydroxyl groups is 1. The molecule has 1 aromatic heterocycles. The van der Waals surface area contributed by atoms with E-state index in [2.05, 4.69) is 5.10 Å². The molecule has 1 amide bonds. The number of aryl methyl sites for hydroxylation is 1. The SMILES string of the molecule is Cn1ccc(C2(O)CC3CCCC(C2)N3C(=O)OC(C)(C)C)n1. The van der Waals surface area contributed by atoms with Crippen molar-refractivity contribution in [1.29, 1.82) is 0 Å². The van der Waals surface area contributed by atoms with Gasteiger partial charge in [0.1, 0.15) is 11.2 Å². The smallest absolute Gasteiger partial charge is 0.410 e. The molecule has 2 fully saturated rings. The molecule has 3 rings (SSSR count). The Balaban J connectivity index is 1.82. The largest absolute Gasteiger partial charge is 0.444 e. The molecule has 0 saturated carbocycles. The van der Waals surface area contributed by atoms with Crippen molar-refractivity contribution < 1.29 is 14.6 Å². The lowest BCUT2D eigenvalue weighted by molar-refractivity contribution is -0.0986. The standard InChI is InChI=1S/C17H27N3O3/c1-16(2,3)23-15(21)20-12-6-5-7-13(20)11-17(22,10-12)14-8-9-19(4)18-14/h8-9,12-13,22H,5-7,10-11H2,1-4H3. The number of carbonyl (C=O) groups is 1. The zero-order valence-electron chi connectivity index (χ0n) is 14.5. The van der Waals surface area contributed by atoms with Gasteiger partial charge in [-0.25, -0.2) is 4.79 Å². The molecule has 3 heterocycles. The third-order valence-electron chi connectivity index (χ3n) is 4.80. The number of hydrogen-bond acceptors (Lipinski definition) is 4. The molecule has 0 aromatic carbocycles. The van der Waals surface area contributed by atoms with E-state index in [9.17, 15) is 9.90 Å². The number of hydrogen-bond donors (Lipinski definition) is 1. The third kappa shape index (κ3) is 3.22. The summed E-state index contributed by atoms with van der Waals surface area (Å²) in [5, 5.41) is 15.5. The van der Waals surface area contributed by atoms with Gasteiger partial charge in [0, 0.05) is 38.2 Å². The summed E-state index contributed by atoms with van der Waals surface area (Å²) in [6, 6.07) is 1.91. The van der Waals surface area contributed by atoms with Gasteiger partial charge in [0.25, 0.3) is 0 Å². The van der Waals surface area contributed by atoms with E-state index >= 15 is 0 Å². The molecule has 2 saturated heterocycles. The summed E-state index contributed by atoms with van der Waals surface area (Å²) in [5.74, 6) is 0. The van der Waals surface area contributed by atoms with E-state index in [0.717, 1.165) is 19.3 Å². The highest BCUT2D eigenvalue weighted by molar-refractivity contribution is 5.69. The predicted molar refractivity (Wildman–Crippen MR) is 85.8 cm³/mol. The van der Waals surface area contributed by atoms with Crippen LogP contribution in [0, 0.1) is 0 Å². The summed E-state index contributed by atoms with van der Waals surface area (Å²) >= 11 is 0. The zero-order chi connectivity index (χ0) is 16.8. The van der Waals surface area contributed by atoms with Crippen LogP contribution >= 0.6 is 0 Å². The highest BCUT2D eigenvalue weighted by Gasteiger charge is 2.50. The van der Waals surface area contributed by atoms with Crippen LogP contribution in [-0.2, 0) is 17.4 Å². The maximum Gasteiger partial charge on any atom is 0.410 e. The average molecular weight is 321 g/mol. The molecule has 2 bridgehead atoms. The van der Waals surface area contributed by atoms with Gasteiger partial charge in [-0.05, 0) is 46.1 Å². The van der Waals surface area contributed by atoms with Crippen molar-refractivity contribution in [2.24, 2.45) is 7.05 Å². The predicted octanol–water partition coefficient (Wildman–Crippen LogP) is 2.56. The number of amides is 1. The minimum absolute atomic E-state index is 0.0179. The first kappa shape index (κ1) is 16.3. The van der Waals surface area contributed by atoms with Crippen LogP contribution in [-0.4, -0.2) is 43.6 Å². The van der Waals surface area contributed by atoms with Crippen molar-refractivity contribution in [2.45, 2.75) is 76.2 Å². The van der Waals surface area contributed by atoms with Crippen LogP contribution in [0.1, 0.15) is 58.6 Å². The van der Waals surface area contributed by atoms with E-state index in [0.29, 0.717) is 18.5 Å². The summed E-state index contributed by atoms with van der Waals surface area (Å²) in [7, 11) is 1.85. The molecule has 2 unspecified atom stereocenters. The van der Waals surface area contributed by atoms with Gasteiger partial charge in [0.2, 0.25) is 0 Å². The molecule has 2 aliphatic heterocycles. The first-order chi connectivity index (χ1) is 10.7. The summed E-state index contributed by atoms with van der Waals surface area (Å²) in [6.45, 7) is 5.65. The molecule has 1 aromatic rings. The van der Waals surface area contributed by atoms with Crippen LogP contribution in [0.5, 0.6) is 0 Å². The average Bonchev–Trinajstić information content (AvgIpc) is 2.83. The molecule has 1 N–H and O–H groups in total. The van der Waals surface area contributed by atoms with E-state index in [1.807, 2.05) is 45.0 Å². The van der Waals surface area contributed by atoms with Crippen LogP contribution in [0.3, 0.4) is 0 Å². The monoisotopic (exact) mass is 321 g/mol. The van der Waals surface area contributed by atoms with Gasteiger partial charge in [-0.15, -0.1) is 0 Å². The van der Waals surface area contributed by atoms with E-state index in [4.69, 9.17) is 4.74 Å². The Kier molecular flexibility index (Phi) is 3.91. The Bertz CT molecular complexity index is 576. The minimum Gasteiger partial charge on any atom is -0.444 e. The number of aromatic nitrogens is 2. The van der Waals surface area contributed by atoms with Crippen molar-refractivity contribution in [3.05, 3.63) is 18.0 Å². The summed E-state index contributed by atoms with van der Waals surface area (Å²) in [6.07, 6.45) is 5.56. The first-order valence-electron chi connectivity index (χ1n) is 8.42. The topological polar surface area (TPSA) is 67.6 Å². The lowest BCUT2D eigenvalue weighted by Gasteiger charge is -2.51. The molecular weight excluding hydrogens is 294 g/mol. The molecule has 0 aliphatic carbocycles. The fourth-order valence-corrected chi connectivity index (χ4v) is 3.91. The number of ether oxygens (including phenoxy) is 1. The number of carbonyl (C=O) groups excluding carboxylic acids is 1. The Labute approximate surface area is 137 Å². The maximum absolute atomic E-state index is 12.6.